The molecule has 1 N–H and O–H groups in total. The van der Waals surface area contributed by atoms with E-state index < -0.39 is 0 Å². The predicted molar refractivity (Wildman–Crippen MR) is 76.1 cm³/mol. The third-order valence-corrected chi connectivity index (χ3v) is 3.32. The second-order valence-corrected chi connectivity index (χ2v) is 4.88. The van der Waals surface area contributed by atoms with Crippen molar-refractivity contribution in [3.63, 3.8) is 0 Å². The number of nitrogens with one attached hydrogen (secondary N) is 1. The molecule has 4 heteroatoms. The van der Waals surface area contributed by atoms with Crippen LogP contribution in [0.2, 0.25) is 0 Å². The molecule has 20 heavy (non-hydrogen) atoms. The summed E-state index contributed by atoms with van der Waals surface area (Å²) in [4.78, 5) is 11.7. The lowest BCUT2D eigenvalue weighted by molar-refractivity contribution is -0.123. The summed E-state index contributed by atoms with van der Waals surface area (Å²) >= 11 is 0. The first-order valence-corrected chi connectivity index (χ1v) is 6.82. The smallest absolute Gasteiger partial charge is 0.257 e. The molecule has 1 aliphatic carbocycles. The highest BCUT2D eigenvalue weighted by molar-refractivity contribution is 5.77. The number of rotatable bonds is 5. The highest BCUT2D eigenvalue weighted by Crippen LogP contribution is 2.16. The molecule has 0 spiro atoms. The van der Waals surface area contributed by atoms with E-state index in [1.165, 1.54) is 0 Å². The highest BCUT2D eigenvalue weighted by Gasteiger charge is 2.11. The highest BCUT2D eigenvalue weighted by atomic mass is 16.5. The van der Waals surface area contributed by atoms with Crippen molar-refractivity contribution in [2.75, 3.05) is 13.2 Å². The summed E-state index contributed by atoms with van der Waals surface area (Å²) in [5, 5.41) is 11.6. The molecule has 0 saturated carbocycles. The lowest BCUT2D eigenvalue weighted by Gasteiger charge is -2.18. The Bertz CT molecular complexity index is 514. The zero-order valence-corrected chi connectivity index (χ0v) is 11.3. The van der Waals surface area contributed by atoms with Crippen LogP contribution in [0.1, 0.15) is 24.8 Å². The van der Waals surface area contributed by atoms with E-state index in [9.17, 15) is 4.79 Å². The molecule has 104 valence electrons. The van der Waals surface area contributed by atoms with Gasteiger partial charge in [-0.05, 0) is 49.4 Å². The number of hydrogen-bond acceptors (Lipinski definition) is 3. The Morgan fingerprint density at radius 2 is 2.15 bits per heavy atom. The van der Waals surface area contributed by atoms with Crippen LogP contribution in [-0.4, -0.2) is 19.1 Å². The van der Waals surface area contributed by atoms with E-state index in [0.717, 1.165) is 19.3 Å². The number of nitriles is 1. The van der Waals surface area contributed by atoms with Gasteiger partial charge in [-0.3, -0.25) is 4.79 Å². The number of ether oxygens (including phenoxy) is 1. The molecule has 1 aromatic carbocycles. The summed E-state index contributed by atoms with van der Waals surface area (Å²) in [7, 11) is 0. The van der Waals surface area contributed by atoms with Gasteiger partial charge < -0.3 is 10.1 Å². The Balaban J connectivity index is 1.69. The second-order valence-electron chi connectivity index (χ2n) is 4.88. The number of carbonyl (C=O) groups is 1. The first kappa shape index (κ1) is 14.1. The van der Waals surface area contributed by atoms with Crippen LogP contribution in [0.15, 0.2) is 36.4 Å². The van der Waals surface area contributed by atoms with Gasteiger partial charge in [0.05, 0.1) is 11.6 Å². The Morgan fingerprint density at radius 1 is 1.35 bits per heavy atom. The molecule has 1 atom stereocenters. The topological polar surface area (TPSA) is 62.1 Å². The fraction of sp³-hybridized carbons (Fsp3) is 0.375. The van der Waals surface area contributed by atoms with Crippen LogP contribution in [0.25, 0.3) is 0 Å². The number of amides is 1. The standard InChI is InChI=1S/C16H18N2O2/c17-10-13-6-8-15(9-7-13)20-12-16(19)18-11-14-4-2-1-3-5-14/h1-2,6-9,14H,3-5,11-12H2,(H,18,19). The van der Waals surface area contributed by atoms with E-state index in [1.54, 1.807) is 24.3 Å². The molecular weight excluding hydrogens is 252 g/mol. The van der Waals surface area contributed by atoms with Gasteiger partial charge >= 0.3 is 0 Å². The van der Waals surface area contributed by atoms with Gasteiger partial charge in [0.15, 0.2) is 6.61 Å². The maximum Gasteiger partial charge on any atom is 0.257 e. The van der Waals surface area contributed by atoms with Crippen LogP contribution in [0, 0.1) is 17.2 Å². The average molecular weight is 270 g/mol. The zero-order valence-electron chi connectivity index (χ0n) is 11.3. The first-order chi connectivity index (χ1) is 9.78. The summed E-state index contributed by atoms with van der Waals surface area (Å²) in [6.07, 6.45) is 7.63. The van der Waals surface area contributed by atoms with Gasteiger partial charge in [-0.15, -0.1) is 0 Å². The summed E-state index contributed by atoms with van der Waals surface area (Å²) in [5.74, 6) is 1.03. The third-order valence-electron chi connectivity index (χ3n) is 3.32. The Kier molecular flexibility index (Phi) is 5.19. The molecule has 1 aliphatic rings. The molecule has 1 unspecified atom stereocenters. The second kappa shape index (κ2) is 7.34. The molecule has 1 amide bonds. The monoisotopic (exact) mass is 270 g/mol. The van der Waals surface area contributed by atoms with Gasteiger partial charge in [0.1, 0.15) is 5.75 Å². The SMILES string of the molecule is N#Cc1ccc(OCC(=O)NCC2CC=CCC2)cc1. The van der Waals surface area contributed by atoms with Crippen molar-refractivity contribution in [2.24, 2.45) is 5.92 Å². The Morgan fingerprint density at radius 3 is 2.80 bits per heavy atom. The van der Waals surface area contributed by atoms with E-state index in [1.807, 2.05) is 6.07 Å². The molecule has 2 rings (SSSR count). The van der Waals surface area contributed by atoms with Crippen LogP contribution in [0.4, 0.5) is 0 Å². The molecule has 0 saturated heterocycles. The van der Waals surface area contributed by atoms with Crippen molar-refractivity contribution in [1.29, 1.82) is 5.26 Å². The number of hydrogen-bond donors (Lipinski definition) is 1. The van der Waals surface area contributed by atoms with Crippen molar-refractivity contribution >= 4 is 5.91 Å². The van der Waals surface area contributed by atoms with E-state index in [0.29, 0.717) is 23.8 Å². The van der Waals surface area contributed by atoms with Crippen molar-refractivity contribution in [1.82, 2.24) is 5.32 Å². The first-order valence-electron chi connectivity index (χ1n) is 6.82. The average Bonchev–Trinajstić information content (AvgIpc) is 2.52. The van der Waals surface area contributed by atoms with Gasteiger partial charge in [-0.1, -0.05) is 12.2 Å². The van der Waals surface area contributed by atoms with E-state index in [2.05, 4.69) is 17.5 Å². The summed E-state index contributed by atoms with van der Waals surface area (Å²) in [6.45, 7) is 0.717. The summed E-state index contributed by atoms with van der Waals surface area (Å²) in [6, 6.07) is 8.76. The van der Waals surface area contributed by atoms with Gasteiger partial charge in [0.25, 0.3) is 5.91 Å². The van der Waals surface area contributed by atoms with Crippen molar-refractivity contribution in [3.8, 4) is 11.8 Å². The minimum absolute atomic E-state index is 0.00839. The van der Waals surface area contributed by atoms with Crippen LogP contribution in [-0.2, 0) is 4.79 Å². The van der Waals surface area contributed by atoms with Crippen LogP contribution < -0.4 is 10.1 Å². The molecular formula is C16H18N2O2. The molecule has 0 bridgehead atoms. The molecule has 0 heterocycles. The minimum Gasteiger partial charge on any atom is -0.484 e. The van der Waals surface area contributed by atoms with Crippen LogP contribution in [0.3, 0.4) is 0 Å². The molecule has 4 nitrogen and oxygen atoms in total. The molecule has 0 aromatic heterocycles. The molecule has 1 aromatic rings. The zero-order chi connectivity index (χ0) is 14.2. The van der Waals surface area contributed by atoms with Crippen molar-refractivity contribution in [3.05, 3.63) is 42.0 Å². The quantitative estimate of drug-likeness (QED) is 0.836. The molecule has 0 fully saturated rings. The van der Waals surface area contributed by atoms with Crippen LogP contribution in [0.5, 0.6) is 5.75 Å². The molecule has 0 aliphatic heterocycles. The number of allylic oxidation sites excluding steroid dienone is 2. The lowest BCUT2D eigenvalue weighted by atomic mass is 9.94. The number of nitrogens with zero attached hydrogens (tertiary/aromatic N) is 1. The maximum absolute atomic E-state index is 11.7. The van der Waals surface area contributed by atoms with Crippen molar-refractivity contribution in [2.45, 2.75) is 19.3 Å². The summed E-state index contributed by atoms with van der Waals surface area (Å²) < 4.78 is 5.37. The Labute approximate surface area is 119 Å². The maximum atomic E-state index is 11.7. The summed E-state index contributed by atoms with van der Waals surface area (Å²) in [5.41, 5.74) is 0.576. The minimum atomic E-state index is -0.107. The normalized spacial score (nSPS) is 17.2. The fourth-order valence-corrected chi connectivity index (χ4v) is 2.13. The molecule has 0 radical (unpaired) electrons. The third kappa shape index (κ3) is 4.43. The fourth-order valence-electron chi connectivity index (χ4n) is 2.13. The Hall–Kier alpha value is -2.28. The predicted octanol–water partition coefficient (Wildman–Crippen LogP) is 2.41. The van der Waals surface area contributed by atoms with Gasteiger partial charge in [0.2, 0.25) is 0 Å². The number of benzene rings is 1. The van der Waals surface area contributed by atoms with Crippen molar-refractivity contribution < 1.29 is 9.53 Å². The number of carbonyl (C=O) groups excluding carboxylic acids is 1. The van der Waals surface area contributed by atoms with E-state index in [4.69, 9.17) is 10.00 Å². The van der Waals surface area contributed by atoms with Gasteiger partial charge in [0, 0.05) is 6.54 Å². The van der Waals surface area contributed by atoms with Gasteiger partial charge in [-0.2, -0.15) is 5.26 Å². The van der Waals surface area contributed by atoms with E-state index >= 15 is 0 Å². The lowest BCUT2D eigenvalue weighted by Crippen LogP contribution is -2.33. The van der Waals surface area contributed by atoms with Gasteiger partial charge in [-0.25, -0.2) is 0 Å². The van der Waals surface area contributed by atoms with E-state index in [-0.39, 0.29) is 12.5 Å². The largest absolute Gasteiger partial charge is 0.484 e. The van der Waals surface area contributed by atoms with Crippen LogP contribution >= 0.6 is 0 Å².